The number of nitrogens with zero attached hydrogens (tertiary/aromatic N) is 6. The number of rotatable bonds is 3. The van der Waals surface area contributed by atoms with Crippen LogP contribution in [0.15, 0.2) is 79.7 Å². The van der Waals surface area contributed by atoms with E-state index in [1.54, 1.807) is 18.7 Å². The Morgan fingerprint density at radius 1 is 1.11 bits per heavy atom. The van der Waals surface area contributed by atoms with Crippen molar-refractivity contribution < 1.29 is 0 Å². The van der Waals surface area contributed by atoms with E-state index in [0.29, 0.717) is 5.56 Å². The van der Waals surface area contributed by atoms with Gasteiger partial charge in [0.25, 0.3) is 0 Å². The van der Waals surface area contributed by atoms with Gasteiger partial charge in [0.2, 0.25) is 0 Å². The molecule has 0 spiro atoms. The summed E-state index contributed by atoms with van der Waals surface area (Å²) in [5.41, 5.74) is 4.24. The Morgan fingerprint density at radius 2 is 2.04 bits per heavy atom. The Balaban J connectivity index is 1.79. The van der Waals surface area contributed by atoms with Gasteiger partial charge in [-0.05, 0) is 30.4 Å². The third-order valence-electron chi connectivity index (χ3n) is 4.29. The van der Waals surface area contributed by atoms with Crippen LogP contribution in [0.1, 0.15) is 11.4 Å². The molecule has 4 rings (SSSR count). The fourth-order valence-electron chi connectivity index (χ4n) is 3.01. The molecule has 0 unspecified atom stereocenters. The number of hydrogen-bond acceptors (Lipinski definition) is 5. The highest BCUT2D eigenvalue weighted by atomic mass is 15.2. The zero-order chi connectivity index (χ0) is 18.6. The first kappa shape index (κ1) is 16.5. The number of aromatic nitrogens is 4. The Hall–Kier alpha value is -3.98. The molecule has 0 N–H and O–H groups in total. The maximum atomic E-state index is 9.65. The van der Waals surface area contributed by atoms with Gasteiger partial charge in [-0.1, -0.05) is 18.2 Å². The Kier molecular flexibility index (Phi) is 4.33. The average Bonchev–Trinajstić information content (AvgIpc) is 3.00. The molecule has 2 aromatic heterocycles. The number of aryl methyl sites for hydroxylation is 1. The Morgan fingerprint density at radius 3 is 2.78 bits per heavy atom. The summed E-state index contributed by atoms with van der Waals surface area (Å²) < 4.78 is 1.87. The van der Waals surface area contributed by atoms with Crippen LogP contribution in [0, 0.1) is 11.3 Å². The van der Waals surface area contributed by atoms with E-state index in [4.69, 9.17) is 0 Å². The van der Waals surface area contributed by atoms with E-state index in [1.165, 1.54) is 0 Å². The first-order valence-electron chi connectivity index (χ1n) is 8.41. The van der Waals surface area contributed by atoms with Crippen LogP contribution in [0.25, 0.3) is 16.7 Å². The number of para-hydroxylation sites is 1. The van der Waals surface area contributed by atoms with E-state index in [1.807, 2.05) is 77.5 Å². The highest BCUT2D eigenvalue weighted by molar-refractivity contribution is 5.85. The third-order valence-corrected chi connectivity index (χ3v) is 4.29. The maximum Gasteiger partial charge on any atom is 0.163 e. The van der Waals surface area contributed by atoms with Crippen LogP contribution < -0.4 is 4.90 Å². The van der Waals surface area contributed by atoms with Crippen molar-refractivity contribution >= 4 is 11.3 Å². The molecule has 27 heavy (non-hydrogen) atoms. The van der Waals surface area contributed by atoms with Crippen molar-refractivity contribution in [2.45, 2.75) is 0 Å². The number of pyridine rings is 1. The van der Waals surface area contributed by atoms with Gasteiger partial charge in [-0.3, -0.25) is 4.98 Å². The van der Waals surface area contributed by atoms with Gasteiger partial charge in [-0.25, -0.2) is 0 Å². The molecule has 0 aliphatic carbocycles. The topological polar surface area (TPSA) is 70.6 Å². The van der Waals surface area contributed by atoms with Crippen molar-refractivity contribution in [2.24, 2.45) is 7.05 Å². The molecule has 6 nitrogen and oxygen atoms in total. The van der Waals surface area contributed by atoms with Gasteiger partial charge in [0, 0.05) is 48.5 Å². The van der Waals surface area contributed by atoms with E-state index in [-0.39, 0.29) is 0 Å². The molecule has 3 aromatic rings. The molecule has 1 aromatic carbocycles. The van der Waals surface area contributed by atoms with Crippen molar-refractivity contribution in [1.82, 2.24) is 19.7 Å². The number of nitriles is 1. The summed E-state index contributed by atoms with van der Waals surface area (Å²) in [4.78, 5) is 6.16. The summed E-state index contributed by atoms with van der Waals surface area (Å²) in [7, 11) is 1.90. The van der Waals surface area contributed by atoms with E-state index in [9.17, 15) is 5.26 Å². The number of benzene rings is 1. The SMILES string of the molecule is Cn1cnnc1C1=CC=CN(c2c(C#N)cccc2-c2cccnc2)C=C1. The summed E-state index contributed by atoms with van der Waals surface area (Å²) in [6.45, 7) is 0. The Labute approximate surface area is 157 Å². The van der Waals surface area contributed by atoms with Crippen LogP contribution >= 0.6 is 0 Å². The molecule has 0 radical (unpaired) electrons. The molecule has 6 heteroatoms. The summed E-state index contributed by atoms with van der Waals surface area (Å²) in [6.07, 6.45) is 14.9. The van der Waals surface area contributed by atoms with E-state index >= 15 is 0 Å². The minimum absolute atomic E-state index is 0.591. The van der Waals surface area contributed by atoms with Crippen molar-refractivity contribution in [3.63, 3.8) is 0 Å². The van der Waals surface area contributed by atoms with Crippen molar-refractivity contribution in [2.75, 3.05) is 4.90 Å². The molecule has 0 atom stereocenters. The third kappa shape index (κ3) is 3.14. The lowest BCUT2D eigenvalue weighted by atomic mass is 10.0. The van der Waals surface area contributed by atoms with Crippen LogP contribution in [0.2, 0.25) is 0 Å². The summed E-state index contributed by atoms with van der Waals surface area (Å²) in [5, 5.41) is 17.7. The molecule has 130 valence electrons. The zero-order valence-electron chi connectivity index (χ0n) is 14.7. The average molecular weight is 352 g/mol. The quantitative estimate of drug-likeness (QED) is 0.719. The van der Waals surface area contributed by atoms with Gasteiger partial charge < -0.3 is 9.47 Å². The molecule has 3 heterocycles. The van der Waals surface area contributed by atoms with Gasteiger partial charge in [0.15, 0.2) is 5.82 Å². The Bertz CT molecular complexity index is 1100. The smallest absolute Gasteiger partial charge is 0.163 e. The summed E-state index contributed by atoms with van der Waals surface area (Å²) >= 11 is 0. The highest BCUT2D eigenvalue weighted by Gasteiger charge is 2.16. The number of anilines is 1. The highest BCUT2D eigenvalue weighted by Crippen LogP contribution is 2.35. The second-order valence-corrected chi connectivity index (χ2v) is 6.01. The normalized spacial score (nSPS) is 13.2. The number of allylic oxidation sites excluding steroid dienone is 4. The van der Waals surface area contributed by atoms with E-state index in [0.717, 1.165) is 28.2 Å². The van der Waals surface area contributed by atoms with Crippen LogP contribution in [0.4, 0.5) is 5.69 Å². The predicted octanol–water partition coefficient (Wildman–Crippen LogP) is 3.68. The standard InChI is InChI=1S/C21H16N6/c1-26-15-24-25-21(26)16-7-4-11-27(12-9-16)20-17(13-22)5-2-8-19(20)18-6-3-10-23-14-18/h2-12,14-15H,1H3. The van der Waals surface area contributed by atoms with Crippen molar-refractivity contribution in [3.8, 4) is 17.2 Å². The molecule has 1 aliphatic heterocycles. The molecule has 1 aliphatic rings. The largest absolute Gasteiger partial charge is 0.322 e. The molecule has 0 saturated carbocycles. The van der Waals surface area contributed by atoms with Crippen molar-refractivity contribution in [1.29, 1.82) is 5.26 Å². The molecule has 0 bridgehead atoms. The van der Waals surface area contributed by atoms with E-state index < -0.39 is 0 Å². The summed E-state index contributed by atoms with van der Waals surface area (Å²) in [6, 6.07) is 11.9. The number of hydrogen-bond donors (Lipinski definition) is 0. The van der Waals surface area contributed by atoms with Crippen LogP contribution in [0.3, 0.4) is 0 Å². The minimum atomic E-state index is 0.591. The molecule has 0 amide bonds. The van der Waals surface area contributed by atoms with Crippen molar-refractivity contribution in [3.05, 3.63) is 91.1 Å². The monoisotopic (exact) mass is 352 g/mol. The summed E-state index contributed by atoms with van der Waals surface area (Å²) in [5.74, 6) is 0.777. The molecule has 0 saturated heterocycles. The molecule has 0 fully saturated rings. The lowest BCUT2D eigenvalue weighted by molar-refractivity contribution is 0.891. The van der Waals surface area contributed by atoms with Gasteiger partial charge in [-0.15, -0.1) is 10.2 Å². The van der Waals surface area contributed by atoms with Crippen LogP contribution in [-0.2, 0) is 7.05 Å². The van der Waals surface area contributed by atoms with Gasteiger partial charge in [-0.2, -0.15) is 5.26 Å². The van der Waals surface area contributed by atoms with Gasteiger partial charge in [0.05, 0.1) is 11.3 Å². The zero-order valence-corrected chi connectivity index (χ0v) is 14.7. The molecular weight excluding hydrogens is 336 g/mol. The predicted molar refractivity (Wildman–Crippen MR) is 104 cm³/mol. The second-order valence-electron chi connectivity index (χ2n) is 6.01. The van der Waals surface area contributed by atoms with Crippen LogP contribution in [0.5, 0.6) is 0 Å². The lowest BCUT2D eigenvalue weighted by Gasteiger charge is -2.20. The maximum absolute atomic E-state index is 9.65. The first-order chi connectivity index (χ1) is 13.3. The molecular formula is C21H16N6. The first-order valence-corrected chi connectivity index (χ1v) is 8.41. The van der Waals surface area contributed by atoms with E-state index in [2.05, 4.69) is 21.3 Å². The van der Waals surface area contributed by atoms with Gasteiger partial charge >= 0.3 is 0 Å². The minimum Gasteiger partial charge on any atom is -0.322 e. The second kappa shape index (κ2) is 7.10. The fraction of sp³-hybridized carbons (Fsp3) is 0.0476. The van der Waals surface area contributed by atoms with Crippen LogP contribution in [-0.4, -0.2) is 19.7 Å². The lowest BCUT2D eigenvalue weighted by Crippen LogP contribution is -2.10. The van der Waals surface area contributed by atoms with Gasteiger partial charge in [0.1, 0.15) is 12.4 Å². The fourth-order valence-corrected chi connectivity index (χ4v) is 3.01.